The molecule has 18 nitrogen and oxygen atoms in total. The van der Waals surface area contributed by atoms with Crippen molar-refractivity contribution >= 4 is 69.5 Å². The van der Waals surface area contributed by atoms with Crippen LogP contribution in [0.3, 0.4) is 0 Å². The summed E-state index contributed by atoms with van der Waals surface area (Å²) in [5.41, 5.74) is 6.69. The van der Waals surface area contributed by atoms with Crippen molar-refractivity contribution in [2.45, 2.75) is 122 Å². The Hall–Kier alpha value is -6.57. The molecule has 0 aliphatic rings. The number of nitrogens with one attached hydrogen (secondary N) is 6. The molecular weight excluding hydrogens is 832 g/mol. The molecule has 0 unspecified atom stereocenters. The van der Waals surface area contributed by atoms with Gasteiger partial charge in [-0.3, -0.25) is 44.5 Å². The number of carboxylic acid groups (broad SMARTS) is 3. The van der Waals surface area contributed by atoms with E-state index in [1.807, 2.05) is 6.07 Å². The molecule has 3 atom stereocenters. The number of carboxylic acids is 3. The van der Waals surface area contributed by atoms with Gasteiger partial charge in [-0.05, 0) is 92.5 Å². The van der Waals surface area contributed by atoms with Crippen molar-refractivity contribution < 1.29 is 53.3 Å². The highest BCUT2D eigenvalue weighted by Crippen LogP contribution is 2.34. The number of aryl methyl sites for hydroxylation is 1. The largest absolute Gasteiger partial charge is 0.481 e. The van der Waals surface area contributed by atoms with Crippen molar-refractivity contribution in [3.63, 3.8) is 0 Å². The third-order valence-electron chi connectivity index (χ3n) is 11.6. The Kier molecular flexibility index (Phi) is 17.3. The molecule has 11 N–H and O–H groups in total. The average Bonchev–Trinajstić information content (AvgIpc) is 3.67. The zero-order chi connectivity index (χ0) is 47.4. The number of nitrogens with two attached hydrogens (primary N) is 1. The standard InChI is InChI=1S/C45H57FN8O10/c1-6-44(7-2,51-33(42(62)63)20-22-37(57)58)35(55)21-19-32(41(60)61)52-45(8-3,9-4)39(59)30(47)24-36(56)50-40-38-28(11-10-12-31(38)53-54-40)26-14-16-27(17-15-26)48-43(64)49-34-23-25(5)13-18-29(34)46/h10-18,23,30,32-33,51-52H,6-9,19-22,24,47H2,1-5H3,(H,57,58)(H,60,61)(H,62,63)(H2,48,49,64)(H2,50,53,54,56)/t30-,32-,33-/m0/s1. The number of H-pyrrole nitrogens is 1. The number of aromatic amines is 1. The van der Waals surface area contributed by atoms with Crippen LogP contribution in [0.5, 0.6) is 0 Å². The van der Waals surface area contributed by atoms with E-state index in [-0.39, 0.29) is 56.5 Å². The van der Waals surface area contributed by atoms with Crippen molar-refractivity contribution in [3.05, 3.63) is 72.0 Å². The first-order valence-electron chi connectivity index (χ1n) is 21.1. The normalized spacial score (nSPS) is 13.1. The van der Waals surface area contributed by atoms with Crippen LogP contribution in [0.25, 0.3) is 22.0 Å². The van der Waals surface area contributed by atoms with E-state index >= 15 is 0 Å². The van der Waals surface area contributed by atoms with Gasteiger partial charge in [0.05, 0.1) is 33.7 Å². The molecule has 3 amide bonds. The van der Waals surface area contributed by atoms with Crippen LogP contribution in [-0.2, 0) is 28.8 Å². The molecule has 0 bridgehead atoms. The lowest BCUT2D eigenvalue weighted by Crippen LogP contribution is -2.62. The van der Waals surface area contributed by atoms with Crippen LogP contribution in [0.1, 0.15) is 91.0 Å². The summed E-state index contributed by atoms with van der Waals surface area (Å²) >= 11 is 0. The van der Waals surface area contributed by atoms with Gasteiger partial charge >= 0.3 is 23.9 Å². The number of halogens is 1. The topological polar surface area (TPSA) is 295 Å². The molecule has 3 aromatic carbocycles. The molecule has 0 aliphatic heterocycles. The number of benzene rings is 3. The molecule has 19 heteroatoms. The number of nitrogens with zero attached hydrogens (tertiary/aromatic N) is 1. The molecule has 0 spiro atoms. The molecule has 0 saturated carbocycles. The Balaban J connectivity index is 1.44. The Morgan fingerprint density at radius 3 is 1.94 bits per heavy atom. The second-order valence-electron chi connectivity index (χ2n) is 15.7. The minimum atomic E-state index is -1.51. The van der Waals surface area contributed by atoms with E-state index < -0.39 is 89.3 Å². The van der Waals surface area contributed by atoms with Gasteiger partial charge in [0.25, 0.3) is 0 Å². The van der Waals surface area contributed by atoms with Gasteiger partial charge in [0.2, 0.25) is 5.91 Å². The molecule has 4 aromatic rings. The number of aliphatic carboxylic acids is 3. The number of Topliss-reactive ketones (excluding diaryl/α,β-unsaturated/α-hetero) is 2. The summed E-state index contributed by atoms with van der Waals surface area (Å²) in [6, 6.07) is 11.7. The number of amides is 3. The number of urea groups is 1. The fraction of sp³-hybridized carbons (Fsp3) is 0.422. The summed E-state index contributed by atoms with van der Waals surface area (Å²) in [7, 11) is 0. The Morgan fingerprint density at radius 2 is 1.36 bits per heavy atom. The van der Waals surface area contributed by atoms with E-state index in [2.05, 4.69) is 36.8 Å². The zero-order valence-electron chi connectivity index (χ0n) is 36.5. The quantitative estimate of drug-likeness (QED) is 0.0367. The molecular formula is C45H57FN8O10. The Bertz CT molecular complexity index is 2340. The fourth-order valence-electron chi connectivity index (χ4n) is 7.75. The zero-order valence-corrected chi connectivity index (χ0v) is 36.5. The maximum absolute atomic E-state index is 14.2. The predicted molar refractivity (Wildman–Crippen MR) is 238 cm³/mol. The van der Waals surface area contributed by atoms with Gasteiger partial charge in [-0.25, -0.2) is 9.18 Å². The van der Waals surface area contributed by atoms with Crippen molar-refractivity contribution in [1.29, 1.82) is 0 Å². The molecule has 0 radical (unpaired) electrons. The third-order valence-corrected chi connectivity index (χ3v) is 11.6. The Labute approximate surface area is 369 Å². The minimum absolute atomic E-state index is 0.0362. The molecule has 1 heterocycles. The number of hydrogen-bond acceptors (Lipinski definition) is 11. The van der Waals surface area contributed by atoms with Gasteiger partial charge in [0.15, 0.2) is 17.4 Å². The minimum Gasteiger partial charge on any atom is -0.481 e. The lowest BCUT2D eigenvalue weighted by atomic mass is 9.81. The van der Waals surface area contributed by atoms with E-state index in [1.54, 1.807) is 77.1 Å². The van der Waals surface area contributed by atoms with Crippen molar-refractivity contribution in [3.8, 4) is 11.1 Å². The third kappa shape index (κ3) is 12.3. The number of carbonyl (C=O) groups excluding carboxylic acids is 4. The number of ketones is 2. The lowest BCUT2D eigenvalue weighted by Gasteiger charge is -2.37. The van der Waals surface area contributed by atoms with Crippen molar-refractivity contribution in [1.82, 2.24) is 20.8 Å². The number of anilines is 3. The first kappa shape index (κ1) is 50.1. The molecule has 0 fully saturated rings. The highest BCUT2D eigenvalue weighted by molar-refractivity contribution is 6.08. The van der Waals surface area contributed by atoms with E-state index in [0.717, 1.165) is 5.56 Å². The van der Waals surface area contributed by atoms with Crippen molar-refractivity contribution in [2.24, 2.45) is 5.73 Å². The van der Waals surface area contributed by atoms with Crippen LogP contribution in [-0.4, -0.2) is 96.1 Å². The summed E-state index contributed by atoms with van der Waals surface area (Å²) in [4.78, 5) is 89.5. The maximum Gasteiger partial charge on any atom is 0.323 e. The number of carbonyl (C=O) groups is 7. The van der Waals surface area contributed by atoms with E-state index in [4.69, 9.17) is 10.8 Å². The monoisotopic (exact) mass is 888 g/mol. The average molecular weight is 889 g/mol. The van der Waals surface area contributed by atoms with Gasteiger partial charge < -0.3 is 37.0 Å². The molecule has 0 saturated heterocycles. The van der Waals surface area contributed by atoms with Crippen LogP contribution in [0, 0.1) is 12.7 Å². The molecule has 0 aliphatic carbocycles. The number of aromatic nitrogens is 2. The van der Waals surface area contributed by atoms with E-state index in [0.29, 0.717) is 27.7 Å². The lowest BCUT2D eigenvalue weighted by molar-refractivity contribution is -0.142. The van der Waals surface area contributed by atoms with Gasteiger partial charge in [0, 0.05) is 24.9 Å². The first-order chi connectivity index (χ1) is 30.3. The second-order valence-corrected chi connectivity index (χ2v) is 15.7. The second kappa shape index (κ2) is 22.2. The van der Waals surface area contributed by atoms with Gasteiger partial charge in [-0.15, -0.1) is 0 Å². The summed E-state index contributed by atoms with van der Waals surface area (Å²) in [5.74, 6) is -6.02. The highest BCUT2D eigenvalue weighted by atomic mass is 19.1. The smallest absolute Gasteiger partial charge is 0.323 e. The summed E-state index contributed by atoms with van der Waals surface area (Å²) in [6.45, 7) is 8.44. The fourth-order valence-corrected chi connectivity index (χ4v) is 7.75. The maximum atomic E-state index is 14.2. The highest BCUT2D eigenvalue weighted by Gasteiger charge is 2.43. The Morgan fingerprint density at radius 1 is 0.766 bits per heavy atom. The molecule has 64 heavy (non-hydrogen) atoms. The van der Waals surface area contributed by atoms with Gasteiger partial charge in [-0.1, -0.05) is 58.0 Å². The van der Waals surface area contributed by atoms with Crippen LogP contribution in [0.2, 0.25) is 0 Å². The van der Waals surface area contributed by atoms with Crippen LogP contribution < -0.4 is 32.3 Å². The molecule has 1 aromatic heterocycles. The molecule has 4 rings (SSSR count). The summed E-state index contributed by atoms with van der Waals surface area (Å²) in [5, 5.41) is 50.4. The number of hydrogen-bond donors (Lipinski definition) is 10. The first-order valence-corrected chi connectivity index (χ1v) is 21.1. The van der Waals surface area contributed by atoms with Crippen LogP contribution in [0.15, 0.2) is 60.7 Å². The van der Waals surface area contributed by atoms with Crippen LogP contribution in [0.4, 0.5) is 26.4 Å². The van der Waals surface area contributed by atoms with Crippen molar-refractivity contribution in [2.75, 3.05) is 16.0 Å². The molecule has 344 valence electrons. The number of rotatable bonds is 25. The van der Waals surface area contributed by atoms with Crippen LogP contribution >= 0.6 is 0 Å². The summed E-state index contributed by atoms with van der Waals surface area (Å²) in [6.07, 6.45) is -1.31. The SMILES string of the molecule is CCC(CC)(N[C@@H](CCC(=O)O)C(=O)O)C(=O)CC[C@H](NC(CC)(CC)C(=O)[C@@H](N)CC(=O)Nc1n[nH]c2cccc(-c3ccc(NC(=O)Nc4cc(C)ccc4F)cc3)c12)C(=O)O. The van der Waals surface area contributed by atoms with E-state index in [1.165, 1.54) is 12.1 Å². The summed E-state index contributed by atoms with van der Waals surface area (Å²) < 4.78 is 14.2. The predicted octanol–water partition coefficient (Wildman–Crippen LogP) is 5.96. The van der Waals surface area contributed by atoms with E-state index in [9.17, 15) is 48.2 Å². The number of fused-ring (bicyclic) bond motifs is 1. The van der Waals surface area contributed by atoms with Gasteiger partial charge in [0.1, 0.15) is 17.9 Å². The van der Waals surface area contributed by atoms with Gasteiger partial charge in [-0.2, -0.15) is 5.10 Å².